The molecule has 3 aromatic rings. The molecule has 0 unspecified atom stereocenters. The first kappa shape index (κ1) is 18.6. The maximum Gasteiger partial charge on any atom is 0.238 e. The molecule has 154 valence electrons. The standard InChI is InChI=1S/C28H25NO2/c1-4-17-10-11-20-21(14-17)24-19-8-6-5-7-18(19)23(20)25-26(24)28(31)29(27(25)30)22-12-9-15(2)13-16(22)3/h5-14,23-26H,4H2,1-3H3/t23-,24-,25+,26-/m1/s1. The second-order valence-corrected chi connectivity index (χ2v) is 9.25. The number of anilines is 1. The van der Waals surface area contributed by atoms with Gasteiger partial charge in [0.05, 0.1) is 17.5 Å². The van der Waals surface area contributed by atoms with Crippen LogP contribution in [0.4, 0.5) is 5.69 Å². The molecular weight excluding hydrogens is 382 g/mol. The molecule has 0 radical (unpaired) electrons. The predicted octanol–water partition coefficient (Wildman–Crippen LogP) is 5.26. The lowest BCUT2D eigenvalue weighted by molar-refractivity contribution is -0.122. The molecule has 3 nitrogen and oxygen atoms in total. The van der Waals surface area contributed by atoms with E-state index < -0.39 is 0 Å². The van der Waals surface area contributed by atoms with Crippen molar-refractivity contribution in [3.8, 4) is 0 Å². The molecule has 0 aromatic heterocycles. The average Bonchev–Trinajstić information content (AvgIpc) is 3.04. The second-order valence-electron chi connectivity index (χ2n) is 9.25. The Balaban J connectivity index is 1.57. The van der Waals surface area contributed by atoms with Crippen molar-refractivity contribution in [1.82, 2.24) is 0 Å². The lowest BCUT2D eigenvalue weighted by atomic mass is 9.55. The van der Waals surface area contributed by atoms with Crippen molar-refractivity contribution in [2.45, 2.75) is 39.0 Å². The van der Waals surface area contributed by atoms with Gasteiger partial charge in [0.1, 0.15) is 0 Å². The van der Waals surface area contributed by atoms with Gasteiger partial charge in [-0.1, -0.05) is 67.1 Å². The number of aryl methyl sites for hydroxylation is 3. The first-order valence-electron chi connectivity index (χ1n) is 11.2. The number of hydrogen-bond acceptors (Lipinski definition) is 2. The summed E-state index contributed by atoms with van der Waals surface area (Å²) in [4.78, 5) is 29.2. The Morgan fingerprint density at radius 3 is 1.97 bits per heavy atom. The van der Waals surface area contributed by atoms with Crippen molar-refractivity contribution in [2.24, 2.45) is 11.8 Å². The SMILES string of the molecule is CCc1ccc2c(c1)[C@H]1c3ccccc3[C@H]2[C@@H]2C(=O)N(c3ccc(C)cc3C)C(=O)[C@H]12. The number of amides is 2. The Hall–Kier alpha value is -3.20. The molecular formula is C28H25NO2. The molecule has 3 aliphatic carbocycles. The number of carbonyl (C=O) groups is 2. The largest absolute Gasteiger partial charge is 0.274 e. The van der Waals surface area contributed by atoms with Gasteiger partial charge in [-0.15, -0.1) is 0 Å². The van der Waals surface area contributed by atoms with E-state index in [1.165, 1.54) is 32.7 Å². The van der Waals surface area contributed by atoms with Crippen LogP contribution in [0.2, 0.25) is 0 Å². The van der Waals surface area contributed by atoms with E-state index in [0.29, 0.717) is 0 Å². The second kappa shape index (κ2) is 6.40. The Labute approximate surface area is 182 Å². The van der Waals surface area contributed by atoms with Gasteiger partial charge in [-0.3, -0.25) is 9.59 Å². The summed E-state index contributed by atoms with van der Waals surface area (Å²) < 4.78 is 0. The number of hydrogen-bond donors (Lipinski definition) is 0. The average molecular weight is 408 g/mol. The van der Waals surface area contributed by atoms with E-state index in [1.54, 1.807) is 0 Å². The van der Waals surface area contributed by atoms with E-state index in [2.05, 4.69) is 49.4 Å². The summed E-state index contributed by atoms with van der Waals surface area (Å²) in [5, 5.41) is 0. The third kappa shape index (κ3) is 2.35. The van der Waals surface area contributed by atoms with Crippen LogP contribution in [0.1, 0.15) is 57.7 Å². The van der Waals surface area contributed by atoms with Gasteiger partial charge < -0.3 is 0 Å². The van der Waals surface area contributed by atoms with E-state index in [0.717, 1.165) is 23.2 Å². The predicted molar refractivity (Wildman–Crippen MR) is 121 cm³/mol. The van der Waals surface area contributed by atoms with E-state index in [9.17, 15) is 9.59 Å². The van der Waals surface area contributed by atoms with Crippen molar-refractivity contribution < 1.29 is 9.59 Å². The van der Waals surface area contributed by atoms with Crippen molar-refractivity contribution in [2.75, 3.05) is 4.90 Å². The van der Waals surface area contributed by atoms with Crippen molar-refractivity contribution in [3.63, 3.8) is 0 Å². The number of nitrogens with zero attached hydrogens (tertiary/aromatic N) is 1. The fourth-order valence-corrected chi connectivity index (χ4v) is 6.29. The smallest absolute Gasteiger partial charge is 0.238 e. The van der Waals surface area contributed by atoms with Crippen LogP contribution in [0.3, 0.4) is 0 Å². The fraction of sp³-hybridized carbons (Fsp3) is 0.286. The Morgan fingerprint density at radius 2 is 1.35 bits per heavy atom. The summed E-state index contributed by atoms with van der Waals surface area (Å²) in [6, 6.07) is 21.0. The normalized spacial score (nSPS) is 25.5. The highest BCUT2D eigenvalue weighted by molar-refractivity contribution is 6.23. The number of carbonyl (C=O) groups excluding carboxylic acids is 2. The zero-order valence-corrected chi connectivity index (χ0v) is 18.1. The number of imide groups is 1. The lowest BCUT2D eigenvalue weighted by Crippen LogP contribution is -2.41. The molecule has 3 aromatic carbocycles. The molecule has 3 heteroatoms. The molecule has 2 amide bonds. The maximum atomic E-state index is 13.9. The summed E-state index contributed by atoms with van der Waals surface area (Å²) in [6.45, 7) is 6.17. The Kier molecular flexibility index (Phi) is 3.83. The molecule has 0 spiro atoms. The van der Waals surface area contributed by atoms with E-state index in [1.807, 2.05) is 32.0 Å². The van der Waals surface area contributed by atoms with Crippen LogP contribution < -0.4 is 4.90 Å². The quantitative estimate of drug-likeness (QED) is 0.543. The highest BCUT2D eigenvalue weighted by atomic mass is 16.2. The molecule has 7 rings (SSSR count). The summed E-state index contributed by atoms with van der Waals surface area (Å²) in [5.41, 5.74) is 9.02. The van der Waals surface area contributed by atoms with Crippen LogP contribution in [-0.2, 0) is 16.0 Å². The molecule has 31 heavy (non-hydrogen) atoms. The third-order valence-electron chi connectivity index (χ3n) is 7.61. The maximum absolute atomic E-state index is 13.9. The molecule has 4 aliphatic rings. The Morgan fingerprint density at radius 1 is 0.742 bits per heavy atom. The molecule has 0 N–H and O–H groups in total. The van der Waals surface area contributed by atoms with Gasteiger partial charge in [-0.2, -0.15) is 0 Å². The summed E-state index contributed by atoms with van der Waals surface area (Å²) in [6.07, 6.45) is 0.960. The summed E-state index contributed by atoms with van der Waals surface area (Å²) in [5.74, 6) is -0.851. The van der Waals surface area contributed by atoms with Gasteiger partial charge in [0.15, 0.2) is 0 Å². The van der Waals surface area contributed by atoms with Crippen LogP contribution in [0.5, 0.6) is 0 Å². The zero-order valence-electron chi connectivity index (χ0n) is 18.1. The molecule has 0 saturated carbocycles. The topological polar surface area (TPSA) is 37.4 Å². The van der Waals surface area contributed by atoms with Crippen molar-refractivity contribution in [3.05, 3.63) is 99.6 Å². The first-order chi connectivity index (χ1) is 15.0. The van der Waals surface area contributed by atoms with Gasteiger partial charge in [-0.25, -0.2) is 4.90 Å². The number of benzene rings is 3. The van der Waals surface area contributed by atoms with E-state index in [4.69, 9.17) is 0 Å². The Bertz CT molecular complexity index is 1270. The van der Waals surface area contributed by atoms with Crippen molar-refractivity contribution in [1.29, 1.82) is 0 Å². The minimum atomic E-state index is -0.326. The van der Waals surface area contributed by atoms with Crippen LogP contribution >= 0.6 is 0 Å². The molecule has 1 heterocycles. The minimum absolute atomic E-state index is 0.0426. The van der Waals surface area contributed by atoms with Crippen molar-refractivity contribution >= 4 is 17.5 Å². The third-order valence-corrected chi connectivity index (χ3v) is 7.61. The first-order valence-corrected chi connectivity index (χ1v) is 11.2. The van der Waals surface area contributed by atoms with Crippen LogP contribution in [0.25, 0.3) is 0 Å². The molecule has 2 bridgehead atoms. The van der Waals surface area contributed by atoms with Gasteiger partial charge in [0.2, 0.25) is 11.8 Å². The highest BCUT2D eigenvalue weighted by Gasteiger charge is 2.61. The minimum Gasteiger partial charge on any atom is -0.274 e. The summed E-state index contributed by atoms with van der Waals surface area (Å²) in [7, 11) is 0. The molecule has 1 fully saturated rings. The lowest BCUT2D eigenvalue weighted by Gasteiger charge is -2.46. The monoisotopic (exact) mass is 407 g/mol. The van der Waals surface area contributed by atoms with Gasteiger partial charge in [-0.05, 0) is 59.7 Å². The zero-order chi connectivity index (χ0) is 21.4. The van der Waals surface area contributed by atoms with Crippen LogP contribution in [0.15, 0.2) is 60.7 Å². The van der Waals surface area contributed by atoms with Crippen LogP contribution in [0, 0.1) is 25.7 Å². The van der Waals surface area contributed by atoms with Gasteiger partial charge >= 0.3 is 0 Å². The molecule has 4 atom stereocenters. The molecule has 1 aliphatic heterocycles. The highest BCUT2D eigenvalue weighted by Crippen LogP contribution is 2.61. The fourth-order valence-electron chi connectivity index (χ4n) is 6.29. The van der Waals surface area contributed by atoms with Crippen LogP contribution in [-0.4, -0.2) is 11.8 Å². The summed E-state index contributed by atoms with van der Waals surface area (Å²) >= 11 is 0. The number of rotatable bonds is 2. The van der Waals surface area contributed by atoms with Gasteiger partial charge in [0.25, 0.3) is 0 Å². The van der Waals surface area contributed by atoms with E-state index in [-0.39, 0.29) is 35.5 Å². The molecule has 1 saturated heterocycles. The van der Waals surface area contributed by atoms with E-state index >= 15 is 0 Å². The van der Waals surface area contributed by atoms with Gasteiger partial charge in [0, 0.05) is 11.8 Å².